The first kappa shape index (κ1) is 20.8. The molecular weight excluding hydrogens is 433 g/mol. The molecule has 160 valence electrons. The molecule has 1 aliphatic heterocycles. The van der Waals surface area contributed by atoms with E-state index < -0.39 is 11.7 Å². The van der Waals surface area contributed by atoms with E-state index in [1.807, 2.05) is 0 Å². The minimum Gasteiger partial charge on any atom is -0.439 e. The Balaban J connectivity index is 1.55. The number of fused-ring (bicyclic) bond motifs is 1. The van der Waals surface area contributed by atoms with Gasteiger partial charge in [-0.2, -0.15) is 28.4 Å². The minimum atomic E-state index is -4.58. The number of rotatable bonds is 4. The lowest BCUT2D eigenvalue weighted by atomic mass is 10.1. The number of amidine groups is 1. The lowest BCUT2D eigenvalue weighted by Crippen LogP contribution is -2.19. The average Bonchev–Trinajstić information content (AvgIpc) is 3.24. The third-order valence-electron chi connectivity index (χ3n) is 4.29. The van der Waals surface area contributed by atoms with Crippen LogP contribution in [-0.4, -0.2) is 37.8 Å². The third-order valence-corrected chi connectivity index (χ3v) is 5.16. The smallest absolute Gasteiger partial charge is 0.417 e. The zero-order valence-electron chi connectivity index (χ0n) is 16.3. The normalized spacial score (nSPS) is 15.9. The summed E-state index contributed by atoms with van der Waals surface area (Å²) in [5.74, 6) is 0.307. The molecule has 1 saturated heterocycles. The van der Waals surface area contributed by atoms with Crippen molar-refractivity contribution in [3.63, 3.8) is 0 Å². The van der Waals surface area contributed by atoms with Crippen LogP contribution in [0.5, 0.6) is 11.6 Å². The van der Waals surface area contributed by atoms with Gasteiger partial charge in [-0.1, -0.05) is 11.8 Å². The maximum absolute atomic E-state index is 13.6. The number of ether oxygens (including phenoxy) is 1. The van der Waals surface area contributed by atoms with Gasteiger partial charge in [0.05, 0.1) is 28.6 Å². The Kier molecular flexibility index (Phi) is 5.39. The highest BCUT2D eigenvalue weighted by Gasteiger charge is 2.35. The van der Waals surface area contributed by atoms with E-state index in [-0.39, 0.29) is 28.5 Å². The molecule has 0 unspecified atom stereocenters. The number of carbonyl (C=O) groups excluding carboxylic acids is 1. The summed E-state index contributed by atoms with van der Waals surface area (Å²) >= 11 is 1.26. The molecule has 1 amide bonds. The molecule has 0 aliphatic carbocycles. The molecule has 3 heterocycles. The molecule has 0 bridgehead atoms. The van der Waals surface area contributed by atoms with Crippen molar-refractivity contribution in [3.8, 4) is 11.6 Å². The van der Waals surface area contributed by atoms with Crippen LogP contribution in [0.2, 0.25) is 0 Å². The van der Waals surface area contributed by atoms with Crippen LogP contribution in [0.25, 0.3) is 11.0 Å². The summed E-state index contributed by atoms with van der Waals surface area (Å²) in [4.78, 5) is 15.3. The molecule has 1 N–H and O–H groups in total. The number of hydrogen-bond acceptors (Lipinski definition) is 7. The summed E-state index contributed by atoms with van der Waals surface area (Å²) in [7, 11) is 1.53. The van der Waals surface area contributed by atoms with Crippen LogP contribution in [0, 0.1) is 6.92 Å². The summed E-state index contributed by atoms with van der Waals surface area (Å²) in [5.41, 5.74) is 0.166. The van der Waals surface area contributed by atoms with Gasteiger partial charge in [0.2, 0.25) is 11.8 Å². The first-order valence-corrected chi connectivity index (χ1v) is 9.92. The Morgan fingerprint density at radius 2 is 2.03 bits per heavy atom. The number of aromatic nitrogens is 3. The minimum absolute atomic E-state index is 0.0489. The SMILES string of the molecule is Cc1nn(C)c2nc(Oc3ccc(C=NN=C4NC(=O)CS4)cc3)cc(C(F)(F)F)c12. The Morgan fingerprint density at radius 3 is 2.68 bits per heavy atom. The zero-order chi connectivity index (χ0) is 22.2. The highest BCUT2D eigenvalue weighted by atomic mass is 32.2. The van der Waals surface area contributed by atoms with E-state index in [9.17, 15) is 18.0 Å². The third kappa shape index (κ3) is 4.53. The number of benzene rings is 1. The van der Waals surface area contributed by atoms with Crippen LogP contribution in [0.1, 0.15) is 16.8 Å². The van der Waals surface area contributed by atoms with E-state index in [1.54, 1.807) is 24.3 Å². The highest BCUT2D eigenvalue weighted by molar-refractivity contribution is 8.15. The van der Waals surface area contributed by atoms with Crippen LogP contribution in [-0.2, 0) is 18.0 Å². The van der Waals surface area contributed by atoms with Crippen molar-refractivity contribution in [2.75, 3.05) is 5.75 Å². The van der Waals surface area contributed by atoms with E-state index in [0.717, 1.165) is 6.07 Å². The van der Waals surface area contributed by atoms with Crippen LogP contribution >= 0.6 is 11.8 Å². The fourth-order valence-electron chi connectivity index (χ4n) is 2.97. The first-order chi connectivity index (χ1) is 14.7. The lowest BCUT2D eigenvalue weighted by Gasteiger charge is -2.11. The van der Waals surface area contributed by atoms with Crippen LogP contribution in [0.15, 0.2) is 40.5 Å². The van der Waals surface area contributed by atoms with Gasteiger partial charge in [-0.05, 0) is 36.8 Å². The molecule has 0 saturated carbocycles. The van der Waals surface area contributed by atoms with Gasteiger partial charge in [0, 0.05) is 13.1 Å². The van der Waals surface area contributed by atoms with E-state index in [2.05, 4.69) is 25.6 Å². The molecule has 2 aromatic heterocycles. The number of nitrogens with zero attached hydrogens (tertiary/aromatic N) is 5. The predicted octanol–water partition coefficient (Wildman–Crippen LogP) is 3.64. The summed E-state index contributed by atoms with van der Waals surface area (Å²) < 4.78 is 47.5. The Bertz CT molecular complexity index is 1220. The summed E-state index contributed by atoms with van der Waals surface area (Å²) in [6.45, 7) is 1.50. The molecule has 0 radical (unpaired) electrons. The zero-order valence-corrected chi connectivity index (χ0v) is 17.1. The van der Waals surface area contributed by atoms with Crippen molar-refractivity contribution in [1.82, 2.24) is 20.1 Å². The molecule has 4 rings (SSSR count). The van der Waals surface area contributed by atoms with Gasteiger partial charge in [0.1, 0.15) is 5.75 Å². The molecule has 0 atom stereocenters. The first-order valence-electron chi connectivity index (χ1n) is 8.94. The molecule has 8 nitrogen and oxygen atoms in total. The quantitative estimate of drug-likeness (QED) is 0.486. The van der Waals surface area contributed by atoms with Gasteiger partial charge < -0.3 is 10.1 Å². The maximum atomic E-state index is 13.6. The van der Waals surface area contributed by atoms with E-state index >= 15 is 0 Å². The van der Waals surface area contributed by atoms with Crippen LogP contribution in [0.3, 0.4) is 0 Å². The van der Waals surface area contributed by atoms with Crippen molar-refractivity contribution in [2.24, 2.45) is 17.3 Å². The number of hydrogen-bond donors (Lipinski definition) is 1. The van der Waals surface area contributed by atoms with Crippen LogP contribution < -0.4 is 10.1 Å². The topological polar surface area (TPSA) is 93.8 Å². The van der Waals surface area contributed by atoms with Gasteiger partial charge in [0.15, 0.2) is 10.8 Å². The fourth-order valence-corrected chi connectivity index (χ4v) is 3.60. The number of amides is 1. The largest absolute Gasteiger partial charge is 0.439 e. The second kappa shape index (κ2) is 8.02. The number of carbonyl (C=O) groups is 1. The van der Waals surface area contributed by atoms with Gasteiger partial charge in [-0.3, -0.25) is 9.48 Å². The van der Waals surface area contributed by atoms with E-state index in [0.29, 0.717) is 22.2 Å². The standard InChI is InChI=1S/C19H15F3N6O2S/c1-10-16-13(19(20,21)22)7-15(25-17(16)28(2)27-10)30-12-5-3-11(4-6-12)8-23-26-18-24-14(29)9-31-18/h3-8H,9H2,1-2H3,(H,24,26,29). The second-order valence-electron chi connectivity index (χ2n) is 6.57. The Morgan fingerprint density at radius 1 is 1.29 bits per heavy atom. The molecule has 1 aliphatic rings. The molecule has 31 heavy (non-hydrogen) atoms. The Hall–Kier alpha value is -3.41. The van der Waals surface area contributed by atoms with E-state index in [1.165, 1.54) is 36.6 Å². The molecule has 0 spiro atoms. The lowest BCUT2D eigenvalue weighted by molar-refractivity contribution is -0.136. The molecule has 12 heteroatoms. The van der Waals surface area contributed by atoms with Crippen molar-refractivity contribution in [1.29, 1.82) is 0 Å². The molecular formula is C19H15F3N6O2S. The number of halogens is 3. The maximum Gasteiger partial charge on any atom is 0.417 e. The number of aryl methyl sites for hydroxylation is 2. The van der Waals surface area contributed by atoms with Gasteiger partial charge in [-0.25, -0.2) is 0 Å². The molecule has 1 fully saturated rings. The monoisotopic (exact) mass is 448 g/mol. The van der Waals surface area contributed by atoms with Gasteiger partial charge in [-0.15, -0.1) is 5.10 Å². The number of alkyl halides is 3. The fraction of sp³-hybridized carbons (Fsp3) is 0.211. The van der Waals surface area contributed by atoms with Gasteiger partial charge >= 0.3 is 6.18 Å². The number of thioether (sulfide) groups is 1. The van der Waals surface area contributed by atoms with Crippen molar-refractivity contribution in [3.05, 3.63) is 47.2 Å². The predicted molar refractivity (Wildman–Crippen MR) is 110 cm³/mol. The average molecular weight is 448 g/mol. The number of pyridine rings is 1. The summed E-state index contributed by atoms with van der Waals surface area (Å²) in [6.07, 6.45) is -3.10. The van der Waals surface area contributed by atoms with Crippen molar-refractivity contribution in [2.45, 2.75) is 13.1 Å². The van der Waals surface area contributed by atoms with Crippen LogP contribution in [0.4, 0.5) is 13.2 Å². The van der Waals surface area contributed by atoms with Gasteiger partial charge in [0.25, 0.3) is 0 Å². The van der Waals surface area contributed by atoms with E-state index in [4.69, 9.17) is 4.74 Å². The highest BCUT2D eigenvalue weighted by Crippen LogP contribution is 2.38. The molecule has 1 aromatic carbocycles. The summed E-state index contributed by atoms with van der Waals surface area (Å²) in [5, 5.41) is 14.8. The number of nitrogens with one attached hydrogen (secondary N) is 1. The molecule has 3 aromatic rings. The summed E-state index contributed by atoms with van der Waals surface area (Å²) in [6, 6.07) is 7.35. The van der Waals surface area contributed by atoms with Crippen molar-refractivity contribution < 1.29 is 22.7 Å². The second-order valence-corrected chi connectivity index (χ2v) is 7.54. The van der Waals surface area contributed by atoms with Crippen molar-refractivity contribution >= 4 is 40.1 Å². The Labute approximate surface area is 178 Å².